The molecule has 1 aromatic carbocycles. The molecule has 3 rings (SSSR count). The largest absolute Gasteiger partial charge is 0.351 e. The van der Waals surface area contributed by atoms with Gasteiger partial charge in [0.15, 0.2) is 0 Å². The summed E-state index contributed by atoms with van der Waals surface area (Å²) in [5, 5.41) is 3.12. The van der Waals surface area contributed by atoms with Crippen LogP contribution in [0.5, 0.6) is 0 Å². The van der Waals surface area contributed by atoms with Crippen LogP contribution in [0.15, 0.2) is 18.2 Å². The zero-order valence-electron chi connectivity index (χ0n) is 12.5. The summed E-state index contributed by atoms with van der Waals surface area (Å²) in [6, 6.07) is 5.77. The predicted octanol–water partition coefficient (Wildman–Crippen LogP) is 2.23. The van der Waals surface area contributed by atoms with Gasteiger partial charge in [-0.2, -0.15) is 0 Å². The minimum absolute atomic E-state index is 0.0109. The van der Waals surface area contributed by atoms with Gasteiger partial charge in [0.1, 0.15) is 0 Å². The third-order valence-electron chi connectivity index (χ3n) is 4.68. The van der Waals surface area contributed by atoms with Crippen LogP contribution in [0.2, 0.25) is 0 Å². The lowest BCUT2D eigenvalue weighted by Gasteiger charge is -2.15. The maximum atomic E-state index is 12.4. The van der Waals surface area contributed by atoms with Crippen molar-refractivity contribution in [1.29, 1.82) is 0 Å². The van der Waals surface area contributed by atoms with E-state index in [-0.39, 0.29) is 5.91 Å². The molecule has 0 atom stereocenters. The maximum absolute atomic E-state index is 12.4. The highest BCUT2D eigenvalue weighted by atomic mass is 16.1. The van der Waals surface area contributed by atoms with Crippen LogP contribution >= 0.6 is 0 Å². The van der Waals surface area contributed by atoms with E-state index < -0.39 is 0 Å². The molecule has 0 spiro atoms. The molecule has 0 heterocycles. The number of amides is 1. The molecule has 2 aliphatic carbocycles. The van der Waals surface area contributed by atoms with Gasteiger partial charge in [0, 0.05) is 12.1 Å². The Morgan fingerprint density at radius 1 is 1.43 bits per heavy atom. The normalized spacial score (nSPS) is 18.6. The van der Waals surface area contributed by atoms with Crippen molar-refractivity contribution in [2.75, 3.05) is 13.1 Å². The summed E-state index contributed by atoms with van der Waals surface area (Å²) >= 11 is 0. The monoisotopic (exact) mass is 282 g/mol. The first kappa shape index (κ1) is 14.2. The number of carbonyl (C=O) groups excluding carboxylic acids is 1. The van der Waals surface area contributed by atoms with Crippen LogP contribution in [-0.4, -0.2) is 19.0 Å². The van der Waals surface area contributed by atoms with Crippen molar-refractivity contribution in [2.24, 2.45) is 17.1 Å². The van der Waals surface area contributed by atoms with Gasteiger partial charge in [0.2, 0.25) is 0 Å². The summed E-state index contributed by atoms with van der Waals surface area (Å²) in [4.78, 5) is 12.4. The van der Waals surface area contributed by atoms with E-state index in [0.29, 0.717) is 17.5 Å². The third kappa shape index (κ3) is 3.11. The Bertz CT molecular complexity index is 616. The summed E-state index contributed by atoms with van der Waals surface area (Å²) in [6.45, 7) is 3.12. The zero-order chi connectivity index (χ0) is 14.9. The predicted molar refractivity (Wildman–Crippen MR) is 83.8 cm³/mol. The molecule has 3 N–H and O–H groups in total. The van der Waals surface area contributed by atoms with Crippen LogP contribution in [0.4, 0.5) is 0 Å². The van der Waals surface area contributed by atoms with Gasteiger partial charge in [-0.25, -0.2) is 0 Å². The van der Waals surface area contributed by atoms with Crippen molar-refractivity contribution in [2.45, 2.75) is 32.6 Å². The maximum Gasteiger partial charge on any atom is 0.252 e. The van der Waals surface area contributed by atoms with Gasteiger partial charge < -0.3 is 11.1 Å². The number of benzene rings is 1. The van der Waals surface area contributed by atoms with E-state index in [1.54, 1.807) is 0 Å². The van der Waals surface area contributed by atoms with E-state index in [1.807, 2.05) is 25.1 Å². The number of carbonyl (C=O) groups is 1. The molecule has 0 bridgehead atoms. The molecule has 1 amide bonds. The molecule has 0 aromatic heterocycles. The Morgan fingerprint density at radius 2 is 2.19 bits per heavy atom. The van der Waals surface area contributed by atoms with Gasteiger partial charge in [-0.3, -0.25) is 4.79 Å². The van der Waals surface area contributed by atoms with Crippen LogP contribution in [0.25, 0.3) is 0 Å². The standard InChI is InChI=1S/C18H22N2O/c1-13-4-7-16(14(11-13)3-2-10-19)17(21)20-12-18(8-9-18)15-5-6-15/h4,7,11,15H,5-6,8-10,12,19H2,1H3,(H,20,21). The Morgan fingerprint density at radius 3 is 2.81 bits per heavy atom. The lowest BCUT2D eigenvalue weighted by Crippen LogP contribution is -2.31. The van der Waals surface area contributed by atoms with Gasteiger partial charge in [0.05, 0.1) is 12.1 Å². The van der Waals surface area contributed by atoms with E-state index in [4.69, 9.17) is 5.73 Å². The number of hydrogen-bond donors (Lipinski definition) is 2. The number of nitrogens with one attached hydrogen (secondary N) is 1. The smallest absolute Gasteiger partial charge is 0.252 e. The zero-order valence-corrected chi connectivity index (χ0v) is 12.5. The highest BCUT2D eigenvalue weighted by molar-refractivity contribution is 5.96. The molecule has 0 aliphatic heterocycles. The van der Waals surface area contributed by atoms with E-state index in [0.717, 1.165) is 23.6 Å². The molecular weight excluding hydrogens is 260 g/mol. The van der Waals surface area contributed by atoms with Crippen molar-refractivity contribution >= 4 is 5.91 Å². The molecule has 1 aromatic rings. The first-order valence-electron chi connectivity index (χ1n) is 7.72. The van der Waals surface area contributed by atoms with E-state index in [1.165, 1.54) is 25.7 Å². The van der Waals surface area contributed by atoms with Crippen molar-refractivity contribution in [3.63, 3.8) is 0 Å². The van der Waals surface area contributed by atoms with Crippen molar-refractivity contribution in [1.82, 2.24) is 5.32 Å². The lowest BCUT2D eigenvalue weighted by molar-refractivity contribution is 0.0942. The summed E-state index contributed by atoms with van der Waals surface area (Å²) in [5.41, 5.74) is 8.38. The second-order valence-electron chi connectivity index (χ2n) is 6.37. The van der Waals surface area contributed by atoms with Crippen molar-refractivity contribution < 1.29 is 4.79 Å². The average Bonchev–Trinajstić information content (AvgIpc) is 3.35. The van der Waals surface area contributed by atoms with Crippen molar-refractivity contribution in [3.05, 3.63) is 34.9 Å². The molecule has 2 fully saturated rings. The van der Waals surface area contributed by atoms with E-state index in [2.05, 4.69) is 17.2 Å². The fourth-order valence-corrected chi connectivity index (χ4v) is 3.04. The molecule has 2 saturated carbocycles. The minimum Gasteiger partial charge on any atom is -0.351 e. The van der Waals surface area contributed by atoms with Crippen LogP contribution in [0.3, 0.4) is 0 Å². The summed E-state index contributed by atoms with van der Waals surface area (Å²) in [7, 11) is 0. The SMILES string of the molecule is Cc1ccc(C(=O)NCC2(C3CC3)CC2)c(C#CCN)c1. The number of hydrogen-bond acceptors (Lipinski definition) is 2. The number of aryl methyl sites for hydroxylation is 1. The summed E-state index contributed by atoms with van der Waals surface area (Å²) in [6.07, 6.45) is 5.22. The molecule has 3 heteroatoms. The molecule has 3 nitrogen and oxygen atoms in total. The highest BCUT2D eigenvalue weighted by Gasteiger charge is 2.53. The van der Waals surface area contributed by atoms with Crippen LogP contribution < -0.4 is 11.1 Å². The first-order chi connectivity index (χ1) is 10.1. The van der Waals surface area contributed by atoms with E-state index in [9.17, 15) is 4.79 Å². The van der Waals surface area contributed by atoms with Gasteiger partial charge >= 0.3 is 0 Å². The molecule has 0 saturated heterocycles. The fourth-order valence-electron chi connectivity index (χ4n) is 3.04. The highest BCUT2D eigenvalue weighted by Crippen LogP contribution is 2.60. The third-order valence-corrected chi connectivity index (χ3v) is 4.68. The van der Waals surface area contributed by atoms with Crippen LogP contribution in [0, 0.1) is 30.1 Å². The Hall–Kier alpha value is -1.79. The van der Waals surface area contributed by atoms with E-state index >= 15 is 0 Å². The molecular formula is C18H22N2O. The van der Waals surface area contributed by atoms with Gasteiger partial charge in [-0.15, -0.1) is 0 Å². The van der Waals surface area contributed by atoms with Gasteiger partial charge in [-0.1, -0.05) is 17.9 Å². The second kappa shape index (κ2) is 5.54. The topological polar surface area (TPSA) is 55.1 Å². The average molecular weight is 282 g/mol. The number of nitrogens with two attached hydrogens (primary N) is 1. The first-order valence-corrected chi connectivity index (χ1v) is 7.72. The minimum atomic E-state index is -0.0109. The van der Waals surface area contributed by atoms with Gasteiger partial charge in [0.25, 0.3) is 5.91 Å². The Kier molecular flexibility index (Phi) is 3.73. The molecule has 21 heavy (non-hydrogen) atoms. The Labute approximate surface area is 126 Å². The molecule has 0 radical (unpaired) electrons. The molecule has 2 aliphatic rings. The molecule has 0 unspecified atom stereocenters. The molecule has 110 valence electrons. The van der Waals surface area contributed by atoms with Crippen LogP contribution in [-0.2, 0) is 0 Å². The fraction of sp³-hybridized carbons (Fsp3) is 0.500. The quantitative estimate of drug-likeness (QED) is 0.832. The van der Waals surface area contributed by atoms with Crippen LogP contribution in [0.1, 0.15) is 47.2 Å². The van der Waals surface area contributed by atoms with Crippen molar-refractivity contribution in [3.8, 4) is 11.8 Å². The summed E-state index contributed by atoms with van der Waals surface area (Å²) < 4.78 is 0. The Balaban J connectivity index is 1.71. The summed E-state index contributed by atoms with van der Waals surface area (Å²) in [5.74, 6) is 6.69. The second-order valence-corrected chi connectivity index (χ2v) is 6.37. The lowest BCUT2D eigenvalue weighted by atomic mass is 10.00. The van der Waals surface area contributed by atoms with Gasteiger partial charge in [-0.05, 0) is 61.6 Å². The number of rotatable bonds is 4.